The van der Waals surface area contributed by atoms with Crippen LogP contribution in [0.5, 0.6) is 0 Å². The Kier molecular flexibility index (Phi) is 2.40. The number of aromatic nitrogens is 1. The molecule has 5 nitrogen and oxygen atoms in total. The van der Waals surface area contributed by atoms with Gasteiger partial charge in [-0.05, 0) is 31.7 Å². The summed E-state index contributed by atoms with van der Waals surface area (Å²) in [5.74, 6) is 0. The molecule has 1 N–H and O–H groups in total. The number of nitro groups is 1. The molecule has 0 saturated heterocycles. The lowest BCUT2D eigenvalue weighted by Crippen LogP contribution is -2.08. The molecule has 0 bridgehead atoms. The molecule has 2 rings (SSSR count). The van der Waals surface area contributed by atoms with Crippen LogP contribution in [0.1, 0.15) is 25.0 Å². The molecule has 0 unspecified atom stereocenters. The van der Waals surface area contributed by atoms with E-state index in [-0.39, 0.29) is 5.69 Å². The van der Waals surface area contributed by atoms with Gasteiger partial charge in [-0.15, -0.1) is 0 Å². The van der Waals surface area contributed by atoms with Gasteiger partial charge in [-0.1, -0.05) is 0 Å². The van der Waals surface area contributed by atoms with Gasteiger partial charge in [-0.2, -0.15) is 0 Å². The van der Waals surface area contributed by atoms with E-state index in [0.717, 1.165) is 18.5 Å². The third-order valence-corrected chi connectivity index (χ3v) is 2.69. The number of aliphatic hydroxyl groups is 1. The highest BCUT2D eigenvalue weighted by Crippen LogP contribution is 2.39. The van der Waals surface area contributed by atoms with Gasteiger partial charge < -0.3 is 5.11 Å². The van der Waals surface area contributed by atoms with Crippen molar-refractivity contribution < 1.29 is 10.0 Å². The zero-order valence-corrected chi connectivity index (χ0v) is 8.22. The Morgan fingerprint density at radius 2 is 2.27 bits per heavy atom. The molecule has 0 spiro atoms. The molecule has 1 fully saturated rings. The van der Waals surface area contributed by atoms with E-state index in [1.54, 1.807) is 6.07 Å². The first-order chi connectivity index (χ1) is 7.09. The van der Waals surface area contributed by atoms with Crippen molar-refractivity contribution in [3.8, 4) is 0 Å². The molecule has 80 valence electrons. The second-order valence-electron chi connectivity index (χ2n) is 3.99. The Bertz CT molecular complexity index is 371. The van der Waals surface area contributed by atoms with Crippen molar-refractivity contribution in [3.63, 3.8) is 0 Å². The minimum absolute atomic E-state index is 0.00360. The summed E-state index contributed by atoms with van der Waals surface area (Å²) in [6, 6.07) is 3.09. The van der Waals surface area contributed by atoms with Crippen molar-refractivity contribution in [2.75, 3.05) is 0 Å². The van der Waals surface area contributed by atoms with E-state index in [0.29, 0.717) is 12.8 Å². The van der Waals surface area contributed by atoms with Crippen LogP contribution in [0.2, 0.25) is 0 Å². The second kappa shape index (κ2) is 3.58. The van der Waals surface area contributed by atoms with Crippen molar-refractivity contribution in [1.29, 1.82) is 0 Å². The molecule has 5 heteroatoms. The van der Waals surface area contributed by atoms with Crippen LogP contribution in [0.4, 0.5) is 5.69 Å². The highest BCUT2D eigenvalue weighted by molar-refractivity contribution is 5.26. The molecule has 0 amide bonds. The average Bonchev–Trinajstić information content (AvgIpc) is 2.95. The molecule has 1 saturated carbocycles. The lowest BCUT2D eigenvalue weighted by molar-refractivity contribution is -0.385. The quantitative estimate of drug-likeness (QED) is 0.600. The first kappa shape index (κ1) is 10.0. The molecular weight excluding hydrogens is 196 g/mol. The van der Waals surface area contributed by atoms with Crippen molar-refractivity contribution >= 4 is 5.69 Å². The largest absolute Gasteiger partial charge is 0.390 e. The van der Waals surface area contributed by atoms with Crippen LogP contribution < -0.4 is 0 Å². The van der Waals surface area contributed by atoms with Crippen LogP contribution in [0.3, 0.4) is 0 Å². The van der Waals surface area contributed by atoms with E-state index in [1.165, 1.54) is 12.3 Å². The molecule has 15 heavy (non-hydrogen) atoms. The molecule has 0 radical (unpaired) electrons. The summed E-state index contributed by atoms with van der Waals surface area (Å²) >= 11 is 0. The summed E-state index contributed by atoms with van der Waals surface area (Å²) in [5.41, 5.74) is 0.313. The van der Waals surface area contributed by atoms with Gasteiger partial charge in [0.1, 0.15) is 6.20 Å². The molecule has 0 aromatic carbocycles. The SMILES string of the molecule is O=[N+]([O-])c1ccc(CCC2(O)CC2)nc1. The van der Waals surface area contributed by atoms with Crippen molar-refractivity contribution in [2.45, 2.75) is 31.3 Å². The number of hydrogen-bond acceptors (Lipinski definition) is 4. The minimum Gasteiger partial charge on any atom is -0.390 e. The van der Waals surface area contributed by atoms with Crippen LogP contribution in [-0.2, 0) is 6.42 Å². The fraction of sp³-hybridized carbons (Fsp3) is 0.500. The first-order valence-corrected chi connectivity index (χ1v) is 4.91. The van der Waals surface area contributed by atoms with E-state index in [2.05, 4.69) is 4.98 Å². The predicted octanol–water partition coefficient (Wildman–Crippen LogP) is 1.45. The number of hydrogen-bond donors (Lipinski definition) is 1. The number of nitrogens with zero attached hydrogens (tertiary/aromatic N) is 2. The Morgan fingerprint density at radius 1 is 1.53 bits per heavy atom. The normalized spacial score (nSPS) is 17.4. The van der Waals surface area contributed by atoms with E-state index >= 15 is 0 Å². The maximum atomic E-state index is 10.4. The molecule has 1 aliphatic rings. The zero-order chi connectivity index (χ0) is 10.9. The lowest BCUT2D eigenvalue weighted by atomic mass is 10.1. The monoisotopic (exact) mass is 208 g/mol. The van der Waals surface area contributed by atoms with Crippen LogP contribution >= 0.6 is 0 Å². The number of pyridine rings is 1. The standard InChI is InChI=1S/C10H12N2O3/c13-10(5-6-10)4-3-8-1-2-9(7-11-8)12(14)15/h1-2,7,13H,3-6H2. The third-order valence-electron chi connectivity index (χ3n) is 2.69. The number of rotatable bonds is 4. The van der Waals surface area contributed by atoms with Crippen LogP contribution in [0, 0.1) is 10.1 Å². The van der Waals surface area contributed by atoms with Gasteiger partial charge in [0.2, 0.25) is 0 Å². The minimum atomic E-state index is -0.483. The van der Waals surface area contributed by atoms with Gasteiger partial charge in [0.25, 0.3) is 5.69 Å². The summed E-state index contributed by atoms with van der Waals surface area (Å²) in [6.45, 7) is 0. The Labute approximate surface area is 86.9 Å². The highest BCUT2D eigenvalue weighted by Gasteiger charge is 2.39. The maximum absolute atomic E-state index is 10.4. The van der Waals surface area contributed by atoms with E-state index < -0.39 is 10.5 Å². The summed E-state index contributed by atoms with van der Waals surface area (Å²) in [5, 5.41) is 20.0. The average molecular weight is 208 g/mol. The van der Waals surface area contributed by atoms with Crippen molar-refractivity contribution in [1.82, 2.24) is 4.98 Å². The van der Waals surface area contributed by atoms with E-state index in [1.807, 2.05) is 0 Å². The summed E-state index contributed by atoms with van der Waals surface area (Å²) in [6.07, 6.45) is 4.35. The Hall–Kier alpha value is -1.49. The van der Waals surface area contributed by atoms with E-state index in [9.17, 15) is 15.2 Å². The molecule has 1 heterocycles. The fourth-order valence-electron chi connectivity index (χ4n) is 1.43. The predicted molar refractivity (Wildman–Crippen MR) is 53.4 cm³/mol. The maximum Gasteiger partial charge on any atom is 0.287 e. The van der Waals surface area contributed by atoms with Gasteiger partial charge >= 0.3 is 0 Å². The van der Waals surface area contributed by atoms with Crippen LogP contribution in [0.15, 0.2) is 18.3 Å². The molecule has 1 aromatic heterocycles. The Morgan fingerprint density at radius 3 is 2.73 bits per heavy atom. The third kappa shape index (κ3) is 2.50. The molecule has 1 aromatic rings. The summed E-state index contributed by atoms with van der Waals surface area (Å²) < 4.78 is 0. The lowest BCUT2D eigenvalue weighted by Gasteiger charge is -2.05. The van der Waals surface area contributed by atoms with Crippen LogP contribution in [0.25, 0.3) is 0 Å². The molecule has 0 atom stereocenters. The van der Waals surface area contributed by atoms with Gasteiger partial charge in [0.05, 0.1) is 10.5 Å². The molecule has 1 aliphatic carbocycles. The number of aryl methyl sites for hydroxylation is 1. The van der Waals surface area contributed by atoms with Gasteiger partial charge in [-0.25, -0.2) is 0 Å². The fourth-order valence-corrected chi connectivity index (χ4v) is 1.43. The topological polar surface area (TPSA) is 76.3 Å². The second-order valence-corrected chi connectivity index (χ2v) is 3.99. The zero-order valence-electron chi connectivity index (χ0n) is 8.22. The summed E-state index contributed by atoms with van der Waals surface area (Å²) in [4.78, 5) is 13.9. The van der Waals surface area contributed by atoms with Crippen molar-refractivity contribution in [2.24, 2.45) is 0 Å². The van der Waals surface area contributed by atoms with Gasteiger partial charge in [0, 0.05) is 11.8 Å². The first-order valence-electron chi connectivity index (χ1n) is 4.91. The van der Waals surface area contributed by atoms with E-state index in [4.69, 9.17) is 0 Å². The van der Waals surface area contributed by atoms with Gasteiger partial charge in [-0.3, -0.25) is 15.1 Å². The smallest absolute Gasteiger partial charge is 0.287 e. The Balaban J connectivity index is 1.95. The van der Waals surface area contributed by atoms with Crippen LogP contribution in [-0.4, -0.2) is 20.6 Å². The highest BCUT2D eigenvalue weighted by atomic mass is 16.6. The summed E-state index contributed by atoms with van der Waals surface area (Å²) in [7, 11) is 0. The van der Waals surface area contributed by atoms with Gasteiger partial charge in [0.15, 0.2) is 0 Å². The molecular formula is C10H12N2O3. The van der Waals surface area contributed by atoms with Crippen molar-refractivity contribution in [3.05, 3.63) is 34.1 Å². The molecule has 0 aliphatic heterocycles.